The van der Waals surface area contributed by atoms with Gasteiger partial charge in [0.05, 0.1) is 17.9 Å². The summed E-state index contributed by atoms with van der Waals surface area (Å²) in [6, 6.07) is 2.85. The Balaban J connectivity index is 2.04. The molecule has 2 heterocycles. The summed E-state index contributed by atoms with van der Waals surface area (Å²) in [5.74, 6) is -4.26. The highest BCUT2D eigenvalue weighted by atomic mass is 19.1. The zero-order valence-electron chi connectivity index (χ0n) is 15.0. The highest BCUT2D eigenvalue weighted by molar-refractivity contribution is 5.90. The highest BCUT2D eigenvalue weighted by Gasteiger charge is 2.35. The summed E-state index contributed by atoms with van der Waals surface area (Å²) in [5.41, 5.74) is 0.813. The number of nitrogens with zero attached hydrogens (tertiary/aromatic N) is 2. The third kappa shape index (κ3) is 3.99. The number of hydrogen-bond acceptors (Lipinski definition) is 4. The summed E-state index contributed by atoms with van der Waals surface area (Å²) in [7, 11) is 0. The number of hydrogen-bond donors (Lipinski definition) is 3. The fraction of sp³-hybridized carbons (Fsp3) is 0.421. The predicted octanol–water partition coefficient (Wildman–Crippen LogP) is 2.18. The van der Waals surface area contributed by atoms with Gasteiger partial charge in [-0.1, -0.05) is 0 Å². The summed E-state index contributed by atoms with van der Waals surface area (Å²) in [5, 5.41) is 28.6. The van der Waals surface area contributed by atoms with Crippen LogP contribution >= 0.6 is 0 Å². The van der Waals surface area contributed by atoms with Gasteiger partial charge in [-0.15, -0.1) is 0 Å². The highest BCUT2D eigenvalue weighted by Crippen LogP contribution is 2.34. The molecule has 9 heteroatoms. The van der Waals surface area contributed by atoms with Gasteiger partial charge in [0.15, 0.2) is 0 Å². The maximum Gasteiger partial charge on any atom is 0.325 e. The van der Waals surface area contributed by atoms with Gasteiger partial charge in [0.2, 0.25) is 0 Å². The predicted molar refractivity (Wildman–Crippen MR) is 96.5 cm³/mol. The molecule has 1 aromatic heterocycles. The van der Waals surface area contributed by atoms with Crippen molar-refractivity contribution in [3.05, 3.63) is 35.8 Å². The first-order chi connectivity index (χ1) is 13.3. The monoisotopic (exact) mass is 392 g/mol. The van der Waals surface area contributed by atoms with Crippen molar-refractivity contribution in [3.63, 3.8) is 0 Å². The van der Waals surface area contributed by atoms with Gasteiger partial charge in [-0.3, -0.25) is 19.3 Å². The van der Waals surface area contributed by atoms with Crippen LogP contribution in [0.1, 0.15) is 30.9 Å². The van der Waals surface area contributed by atoms with E-state index in [0.29, 0.717) is 35.9 Å². The first-order valence-electron chi connectivity index (χ1n) is 8.97. The van der Waals surface area contributed by atoms with E-state index in [4.69, 9.17) is 5.11 Å². The zero-order valence-corrected chi connectivity index (χ0v) is 15.0. The van der Waals surface area contributed by atoms with Crippen molar-refractivity contribution in [1.82, 2.24) is 9.47 Å². The maximum absolute atomic E-state index is 13.8. The number of rotatable bonds is 7. The number of aliphatic carboxylic acids is 3. The van der Waals surface area contributed by atoms with Gasteiger partial charge in [-0.05, 0) is 37.6 Å². The molecule has 3 N–H and O–H groups in total. The molecule has 3 rings (SSSR count). The molecular weight excluding hydrogens is 371 g/mol. The van der Waals surface area contributed by atoms with Crippen molar-refractivity contribution in [1.29, 1.82) is 0 Å². The fourth-order valence-corrected chi connectivity index (χ4v) is 3.84. The van der Waals surface area contributed by atoms with Crippen molar-refractivity contribution in [3.8, 4) is 0 Å². The lowest BCUT2D eigenvalue weighted by Crippen LogP contribution is -2.43. The van der Waals surface area contributed by atoms with E-state index in [0.717, 1.165) is 0 Å². The third-order valence-electron chi connectivity index (χ3n) is 5.14. The van der Waals surface area contributed by atoms with E-state index in [1.54, 1.807) is 4.90 Å². The normalized spacial score (nSPS) is 18.8. The van der Waals surface area contributed by atoms with Gasteiger partial charge in [0.25, 0.3) is 0 Å². The Morgan fingerprint density at radius 1 is 1.21 bits per heavy atom. The van der Waals surface area contributed by atoms with Gasteiger partial charge >= 0.3 is 17.9 Å². The van der Waals surface area contributed by atoms with Crippen LogP contribution in [0.2, 0.25) is 0 Å². The first kappa shape index (κ1) is 19.8. The average Bonchev–Trinajstić information content (AvgIpc) is 2.97. The lowest BCUT2D eigenvalue weighted by Gasteiger charge is -2.34. The van der Waals surface area contributed by atoms with Crippen LogP contribution in [0.3, 0.4) is 0 Å². The topological polar surface area (TPSA) is 120 Å². The van der Waals surface area contributed by atoms with Crippen molar-refractivity contribution < 1.29 is 34.1 Å². The van der Waals surface area contributed by atoms with Gasteiger partial charge < -0.3 is 19.9 Å². The molecule has 1 fully saturated rings. The van der Waals surface area contributed by atoms with Crippen LogP contribution in [0.4, 0.5) is 4.39 Å². The molecule has 1 aromatic carbocycles. The number of benzene rings is 1. The summed E-state index contributed by atoms with van der Waals surface area (Å²) in [6.45, 7) is 0.610. The number of likely N-dealkylation sites (tertiary alicyclic amines) is 1. The van der Waals surface area contributed by atoms with Crippen LogP contribution in [0.5, 0.6) is 0 Å². The van der Waals surface area contributed by atoms with Gasteiger partial charge in [0.1, 0.15) is 11.9 Å². The Hall–Kier alpha value is -2.94. The van der Waals surface area contributed by atoms with Crippen LogP contribution in [-0.2, 0) is 20.9 Å². The number of halogens is 1. The van der Waals surface area contributed by atoms with Gasteiger partial charge in [-0.25, -0.2) is 4.39 Å². The number of piperidine rings is 1. The minimum Gasteiger partial charge on any atom is -0.481 e. The SMILES string of the molecule is O=C(O)CCn1cc([C@H](C(=O)O)N2CCC[C@H](C(=O)O)C2)c2ccc(F)cc21. The van der Waals surface area contributed by atoms with Crippen LogP contribution in [0.15, 0.2) is 24.4 Å². The quantitative estimate of drug-likeness (QED) is 0.660. The minimum absolute atomic E-state index is 0.0688. The molecule has 0 radical (unpaired) electrons. The molecule has 2 atom stereocenters. The van der Waals surface area contributed by atoms with Gasteiger partial charge in [-0.2, -0.15) is 0 Å². The van der Waals surface area contributed by atoms with Crippen molar-refractivity contribution in [2.75, 3.05) is 13.1 Å². The second kappa shape index (κ2) is 7.97. The molecule has 0 bridgehead atoms. The molecule has 150 valence electrons. The molecule has 0 saturated carbocycles. The lowest BCUT2D eigenvalue weighted by molar-refractivity contribution is -0.149. The van der Waals surface area contributed by atoms with E-state index >= 15 is 0 Å². The summed E-state index contributed by atoms with van der Waals surface area (Å²) in [6.07, 6.45) is 2.40. The van der Waals surface area contributed by atoms with E-state index in [-0.39, 0.29) is 19.5 Å². The number of carboxylic acids is 3. The molecule has 2 aromatic rings. The second-order valence-electron chi connectivity index (χ2n) is 7.00. The smallest absolute Gasteiger partial charge is 0.325 e. The van der Waals surface area contributed by atoms with Crippen molar-refractivity contribution in [2.45, 2.75) is 31.8 Å². The van der Waals surface area contributed by atoms with Crippen LogP contribution in [0.25, 0.3) is 10.9 Å². The Morgan fingerprint density at radius 3 is 2.61 bits per heavy atom. The number of carbonyl (C=O) groups is 3. The van der Waals surface area contributed by atoms with Crippen molar-refractivity contribution >= 4 is 28.8 Å². The summed E-state index contributed by atoms with van der Waals surface area (Å²) in [4.78, 5) is 36.0. The molecule has 1 saturated heterocycles. The Bertz CT molecular complexity index is 925. The standard InChI is InChI=1S/C19H21FN2O6/c20-12-3-4-13-14(10-21(15(13)8-12)7-5-16(23)24)17(19(27)28)22-6-1-2-11(9-22)18(25)26/h3-4,8,10-11,17H,1-2,5-7,9H2,(H,23,24)(H,25,26)(H,27,28)/t11-,17+/m0/s1. The largest absolute Gasteiger partial charge is 0.481 e. The molecule has 28 heavy (non-hydrogen) atoms. The number of fused-ring (bicyclic) bond motifs is 1. The lowest BCUT2D eigenvalue weighted by atomic mass is 9.94. The molecule has 1 aliphatic rings. The minimum atomic E-state index is -1.13. The molecule has 0 spiro atoms. The third-order valence-corrected chi connectivity index (χ3v) is 5.14. The van der Waals surface area contributed by atoms with E-state index in [1.165, 1.54) is 29.0 Å². The molecule has 0 unspecified atom stereocenters. The van der Waals surface area contributed by atoms with Crippen LogP contribution in [0, 0.1) is 11.7 Å². The number of carboxylic acid groups (broad SMARTS) is 3. The molecule has 8 nitrogen and oxygen atoms in total. The number of aromatic nitrogens is 1. The molecule has 1 aliphatic heterocycles. The molecule has 0 amide bonds. The van der Waals surface area contributed by atoms with Crippen molar-refractivity contribution in [2.24, 2.45) is 5.92 Å². The fourth-order valence-electron chi connectivity index (χ4n) is 3.84. The van der Waals surface area contributed by atoms with E-state index in [9.17, 15) is 29.0 Å². The summed E-state index contributed by atoms with van der Waals surface area (Å²) < 4.78 is 15.3. The second-order valence-corrected chi connectivity index (χ2v) is 7.00. The molecule has 0 aliphatic carbocycles. The Labute approximate surface area is 159 Å². The van der Waals surface area contributed by atoms with Crippen LogP contribution in [-0.4, -0.2) is 55.8 Å². The van der Waals surface area contributed by atoms with Crippen LogP contribution < -0.4 is 0 Å². The zero-order chi connectivity index (χ0) is 20.4. The van der Waals surface area contributed by atoms with Gasteiger partial charge in [0, 0.05) is 30.2 Å². The average molecular weight is 392 g/mol. The van der Waals surface area contributed by atoms with E-state index in [2.05, 4.69) is 0 Å². The summed E-state index contributed by atoms with van der Waals surface area (Å²) >= 11 is 0. The van der Waals surface area contributed by atoms with E-state index in [1.807, 2.05) is 0 Å². The Kier molecular flexibility index (Phi) is 5.64. The number of aryl methyl sites for hydroxylation is 1. The van der Waals surface area contributed by atoms with E-state index < -0.39 is 35.7 Å². The maximum atomic E-state index is 13.8. The Morgan fingerprint density at radius 2 is 1.96 bits per heavy atom. The molecular formula is C19H21FN2O6. The first-order valence-corrected chi connectivity index (χ1v) is 8.97.